The summed E-state index contributed by atoms with van der Waals surface area (Å²) in [5.74, 6) is -0.412. The van der Waals surface area contributed by atoms with Crippen molar-refractivity contribution in [1.29, 1.82) is 0 Å². The SMILES string of the molecule is FC(F)(F)C1CCN(Cc2ccc(Br)c(OCc3ccccc3)c2)CC1. The number of nitrogens with zero attached hydrogens (tertiary/aromatic N) is 1. The van der Waals surface area contributed by atoms with Gasteiger partial charge in [0.05, 0.1) is 10.4 Å². The Hall–Kier alpha value is -1.53. The zero-order valence-electron chi connectivity index (χ0n) is 14.3. The summed E-state index contributed by atoms with van der Waals surface area (Å²) in [4.78, 5) is 2.08. The van der Waals surface area contributed by atoms with Crippen LogP contribution in [0.15, 0.2) is 53.0 Å². The summed E-state index contributed by atoms with van der Waals surface area (Å²) in [5.41, 5.74) is 2.13. The minimum atomic E-state index is -4.07. The quantitative estimate of drug-likeness (QED) is 0.597. The molecule has 1 aliphatic heterocycles. The predicted octanol–water partition coefficient (Wildman–Crippen LogP) is 5.80. The van der Waals surface area contributed by atoms with E-state index in [9.17, 15) is 13.2 Å². The molecule has 0 amide bonds. The molecule has 6 heteroatoms. The molecule has 1 aliphatic rings. The van der Waals surface area contributed by atoms with Gasteiger partial charge in [-0.15, -0.1) is 0 Å². The number of piperidine rings is 1. The van der Waals surface area contributed by atoms with Gasteiger partial charge in [0.15, 0.2) is 0 Å². The molecule has 3 rings (SSSR count). The molecule has 0 N–H and O–H groups in total. The molecular formula is C20H21BrF3NO. The van der Waals surface area contributed by atoms with Crippen molar-refractivity contribution in [3.05, 3.63) is 64.1 Å². The number of benzene rings is 2. The van der Waals surface area contributed by atoms with Crippen LogP contribution >= 0.6 is 15.9 Å². The van der Waals surface area contributed by atoms with Crippen LogP contribution in [0, 0.1) is 5.92 Å². The highest BCUT2D eigenvalue weighted by Crippen LogP contribution is 2.35. The first-order valence-electron chi connectivity index (χ1n) is 8.66. The van der Waals surface area contributed by atoms with Crippen molar-refractivity contribution in [1.82, 2.24) is 4.90 Å². The third-order valence-electron chi connectivity index (χ3n) is 4.69. The van der Waals surface area contributed by atoms with Crippen LogP contribution in [0.5, 0.6) is 5.75 Å². The molecule has 1 fully saturated rings. The van der Waals surface area contributed by atoms with E-state index in [0.29, 0.717) is 26.2 Å². The van der Waals surface area contributed by atoms with E-state index in [0.717, 1.165) is 21.3 Å². The molecule has 1 heterocycles. The summed E-state index contributed by atoms with van der Waals surface area (Å²) in [6, 6.07) is 15.8. The van der Waals surface area contributed by atoms with E-state index >= 15 is 0 Å². The van der Waals surface area contributed by atoms with E-state index in [-0.39, 0.29) is 12.8 Å². The topological polar surface area (TPSA) is 12.5 Å². The fraction of sp³-hybridized carbons (Fsp3) is 0.400. The van der Waals surface area contributed by atoms with Crippen LogP contribution in [-0.4, -0.2) is 24.2 Å². The lowest BCUT2D eigenvalue weighted by Crippen LogP contribution is -2.38. The number of ether oxygens (including phenoxy) is 1. The fourth-order valence-corrected chi connectivity index (χ4v) is 3.53. The average molecular weight is 428 g/mol. The van der Waals surface area contributed by atoms with Gasteiger partial charge in [-0.3, -0.25) is 4.90 Å². The summed E-state index contributed by atoms with van der Waals surface area (Å²) in [6.45, 7) is 2.06. The van der Waals surface area contributed by atoms with Crippen LogP contribution in [0.1, 0.15) is 24.0 Å². The Balaban J connectivity index is 1.58. The van der Waals surface area contributed by atoms with Crippen LogP contribution in [0.2, 0.25) is 0 Å². The van der Waals surface area contributed by atoms with E-state index in [1.807, 2.05) is 48.5 Å². The van der Waals surface area contributed by atoms with E-state index in [1.54, 1.807) is 0 Å². The molecule has 2 aromatic carbocycles. The second kappa shape index (κ2) is 8.44. The van der Waals surface area contributed by atoms with Crippen LogP contribution < -0.4 is 4.74 Å². The zero-order valence-corrected chi connectivity index (χ0v) is 15.9. The Bertz CT molecular complexity index is 713. The van der Waals surface area contributed by atoms with Crippen molar-refractivity contribution >= 4 is 15.9 Å². The van der Waals surface area contributed by atoms with E-state index in [4.69, 9.17) is 4.74 Å². The zero-order chi connectivity index (χ0) is 18.6. The van der Waals surface area contributed by atoms with Crippen molar-refractivity contribution in [3.63, 3.8) is 0 Å². The maximum atomic E-state index is 12.8. The van der Waals surface area contributed by atoms with E-state index in [2.05, 4.69) is 20.8 Å². The fourth-order valence-electron chi connectivity index (χ4n) is 3.17. The van der Waals surface area contributed by atoms with Gasteiger partial charge in [-0.1, -0.05) is 36.4 Å². The standard InChI is InChI=1S/C20H21BrF3NO/c21-18-7-6-16(12-19(18)26-14-15-4-2-1-3-5-15)13-25-10-8-17(9-11-25)20(22,23)24/h1-7,12,17H,8-11,13-14H2. The van der Waals surface area contributed by atoms with Gasteiger partial charge < -0.3 is 4.74 Å². The summed E-state index contributed by atoms with van der Waals surface area (Å²) >= 11 is 3.50. The van der Waals surface area contributed by atoms with Crippen molar-refractivity contribution in [2.45, 2.75) is 32.2 Å². The van der Waals surface area contributed by atoms with Crippen LogP contribution in [0.25, 0.3) is 0 Å². The first kappa shape index (κ1) is 19.2. The lowest BCUT2D eigenvalue weighted by Gasteiger charge is -2.32. The van der Waals surface area contributed by atoms with Crippen LogP contribution in [-0.2, 0) is 13.2 Å². The highest BCUT2D eigenvalue weighted by Gasteiger charge is 2.40. The molecule has 0 atom stereocenters. The Morgan fingerprint density at radius 3 is 2.35 bits per heavy atom. The molecule has 0 radical (unpaired) electrons. The first-order chi connectivity index (χ1) is 12.4. The second-order valence-corrected chi connectivity index (χ2v) is 7.49. The van der Waals surface area contributed by atoms with Crippen LogP contribution in [0.3, 0.4) is 0 Å². The van der Waals surface area contributed by atoms with Crippen molar-refractivity contribution < 1.29 is 17.9 Å². The van der Waals surface area contributed by atoms with Crippen molar-refractivity contribution in [3.8, 4) is 5.75 Å². The maximum Gasteiger partial charge on any atom is 0.391 e. The van der Waals surface area contributed by atoms with Gasteiger partial charge in [0.2, 0.25) is 0 Å². The number of alkyl halides is 3. The lowest BCUT2D eigenvalue weighted by molar-refractivity contribution is -0.185. The summed E-state index contributed by atoms with van der Waals surface area (Å²) < 4.78 is 45.1. The molecule has 0 aliphatic carbocycles. The Morgan fingerprint density at radius 1 is 1.00 bits per heavy atom. The van der Waals surface area contributed by atoms with E-state index in [1.165, 1.54) is 0 Å². The predicted molar refractivity (Wildman–Crippen MR) is 99.0 cm³/mol. The summed E-state index contributed by atoms with van der Waals surface area (Å²) in [6.07, 6.45) is -3.71. The number of hydrogen-bond donors (Lipinski definition) is 0. The largest absolute Gasteiger partial charge is 0.488 e. The monoisotopic (exact) mass is 427 g/mol. The molecule has 1 saturated heterocycles. The second-order valence-electron chi connectivity index (χ2n) is 6.63. The van der Waals surface area contributed by atoms with Crippen molar-refractivity contribution in [2.75, 3.05) is 13.1 Å². The third kappa shape index (κ3) is 5.24. The average Bonchev–Trinajstić information content (AvgIpc) is 2.63. The highest BCUT2D eigenvalue weighted by molar-refractivity contribution is 9.10. The normalized spacial score (nSPS) is 16.6. The Morgan fingerprint density at radius 2 is 1.69 bits per heavy atom. The molecule has 0 bridgehead atoms. The Labute approximate surface area is 160 Å². The number of likely N-dealkylation sites (tertiary alicyclic amines) is 1. The van der Waals surface area contributed by atoms with Gasteiger partial charge in [0.1, 0.15) is 12.4 Å². The minimum Gasteiger partial charge on any atom is -0.488 e. The maximum absolute atomic E-state index is 12.8. The smallest absolute Gasteiger partial charge is 0.391 e. The number of halogens is 4. The van der Waals surface area contributed by atoms with Crippen molar-refractivity contribution in [2.24, 2.45) is 5.92 Å². The highest BCUT2D eigenvalue weighted by atomic mass is 79.9. The molecule has 2 nitrogen and oxygen atoms in total. The molecule has 0 saturated carbocycles. The Kier molecular flexibility index (Phi) is 6.24. The molecule has 0 unspecified atom stereocenters. The van der Waals surface area contributed by atoms with Gasteiger partial charge in [0, 0.05) is 6.54 Å². The molecular weight excluding hydrogens is 407 g/mol. The molecule has 26 heavy (non-hydrogen) atoms. The summed E-state index contributed by atoms with van der Waals surface area (Å²) in [7, 11) is 0. The molecule has 0 spiro atoms. The van der Waals surface area contributed by atoms with Gasteiger partial charge in [-0.25, -0.2) is 0 Å². The lowest BCUT2D eigenvalue weighted by atomic mass is 9.96. The van der Waals surface area contributed by atoms with Gasteiger partial charge >= 0.3 is 6.18 Å². The van der Waals surface area contributed by atoms with Gasteiger partial charge in [-0.05, 0) is 65.1 Å². The van der Waals surface area contributed by atoms with Gasteiger partial charge in [-0.2, -0.15) is 13.2 Å². The van der Waals surface area contributed by atoms with Crippen LogP contribution in [0.4, 0.5) is 13.2 Å². The summed E-state index contributed by atoms with van der Waals surface area (Å²) in [5, 5.41) is 0. The molecule has 2 aromatic rings. The number of hydrogen-bond acceptors (Lipinski definition) is 2. The van der Waals surface area contributed by atoms with Gasteiger partial charge in [0.25, 0.3) is 0 Å². The van der Waals surface area contributed by atoms with E-state index < -0.39 is 12.1 Å². The number of rotatable bonds is 5. The molecule has 140 valence electrons. The first-order valence-corrected chi connectivity index (χ1v) is 9.45. The molecule has 0 aromatic heterocycles. The minimum absolute atomic E-state index is 0.178. The third-order valence-corrected chi connectivity index (χ3v) is 5.34.